The molecule has 0 fully saturated rings. The Labute approximate surface area is 103 Å². The third-order valence-corrected chi connectivity index (χ3v) is 4.09. The van der Waals surface area contributed by atoms with Crippen LogP contribution in [0.25, 0.3) is 0 Å². The molecule has 0 spiro atoms. The van der Waals surface area contributed by atoms with Crippen LogP contribution < -0.4 is 9.78 Å². The fourth-order valence-corrected chi connectivity index (χ4v) is 2.73. The first-order valence-electron chi connectivity index (χ1n) is 5.24. The number of hydrogen-bond acceptors (Lipinski definition) is 2. The number of nitrogens with one attached hydrogen (secondary N) is 1. The molecule has 0 heterocycles. The average Bonchev–Trinajstić information content (AvgIpc) is 2.30. The summed E-state index contributed by atoms with van der Waals surface area (Å²) in [5.41, 5.74) is 1.10. The van der Waals surface area contributed by atoms with Crippen molar-refractivity contribution in [1.29, 1.82) is 0 Å². The van der Waals surface area contributed by atoms with E-state index in [1.165, 1.54) is 16.9 Å². The number of amides is 1. The van der Waals surface area contributed by atoms with E-state index < -0.39 is 6.09 Å². The maximum atomic E-state index is 11.0. The molecule has 1 aromatic carbocycles. The van der Waals surface area contributed by atoms with E-state index in [-0.39, 0.29) is 6.04 Å². The van der Waals surface area contributed by atoms with Gasteiger partial charge in [0.15, 0.2) is 0 Å². The molecule has 0 aromatic heterocycles. The Bertz CT molecular complexity index is 337. The predicted molar refractivity (Wildman–Crippen MR) is 66.3 cm³/mol. The summed E-state index contributed by atoms with van der Waals surface area (Å²) in [6.07, 6.45) is -0.394. The zero-order chi connectivity index (χ0) is 12.0. The Kier molecular flexibility index (Phi) is 5.36. The van der Waals surface area contributed by atoms with Crippen LogP contribution in [-0.2, 0) is 4.74 Å². The van der Waals surface area contributed by atoms with Gasteiger partial charge >= 0.3 is 103 Å². The molecule has 1 amide bonds. The van der Waals surface area contributed by atoms with Crippen LogP contribution >= 0.6 is 0 Å². The fraction of sp³-hybridized carbons (Fsp3) is 0.417. The molecule has 0 saturated carbocycles. The SMILES string of the molecule is CC[Se]c1ccc([C@@H](C)NC(=O)OC)cc1. The Morgan fingerprint density at radius 3 is 2.56 bits per heavy atom. The molecule has 1 rings (SSSR count). The van der Waals surface area contributed by atoms with E-state index in [1.54, 1.807) is 0 Å². The summed E-state index contributed by atoms with van der Waals surface area (Å²) in [5, 5.41) is 3.95. The van der Waals surface area contributed by atoms with Crippen molar-refractivity contribution in [2.45, 2.75) is 25.2 Å². The van der Waals surface area contributed by atoms with Gasteiger partial charge in [-0.1, -0.05) is 0 Å². The topological polar surface area (TPSA) is 38.3 Å². The van der Waals surface area contributed by atoms with Gasteiger partial charge in [0.1, 0.15) is 0 Å². The molecule has 0 bridgehead atoms. The van der Waals surface area contributed by atoms with Gasteiger partial charge in [0.2, 0.25) is 0 Å². The van der Waals surface area contributed by atoms with E-state index in [0.717, 1.165) is 5.56 Å². The van der Waals surface area contributed by atoms with Crippen molar-refractivity contribution >= 4 is 25.5 Å². The second kappa shape index (κ2) is 6.56. The van der Waals surface area contributed by atoms with Gasteiger partial charge < -0.3 is 0 Å². The quantitative estimate of drug-likeness (QED) is 0.858. The standard InChI is InChI=1S/C12H17NO2Se/c1-4-16-11-7-5-10(6-8-11)9(2)13-12(14)15-3/h5-9H,4H2,1-3H3,(H,13,14)/t9-/m1/s1. The van der Waals surface area contributed by atoms with Crippen molar-refractivity contribution < 1.29 is 9.53 Å². The van der Waals surface area contributed by atoms with Crippen molar-refractivity contribution in [3.05, 3.63) is 29.8 Å². The molecule has 0 saturated heterocycles. The summed E-state index contributed by atoms with van der Waals surface area (Å²) < 4.78 is 5.95. The zero-order valence-electron chi connectivity index (χ0n) is 9.82. The Balaban J connectivity index is 2.62. The molecular formula is C12H17NO2Se. The molecular weight excluding hydrogens is 269 g/mol. The van der Waals surface area contributed by atoms with Crippen LogP contribution in [-0.4, -0.2) is 28.2 Å². The molecule has 0 aliphatic carbocycles. The molecule has 1 N–H and O–H groups in total. The van der Waals surface area contributed by atoms with Crippen LogP contribution in [0.5, 0.6) is 0 Å². The van der Waals surface area contributed by atoms with Gasteiger partial charge in [-0.3, -0.25) is 0 Å². The number of hydrogen-bond donors (Lipinski definition) is 1. The molecule has 1 atom stereocenters. The number of carbonyl (C=O) groups excluding carboxylic acids is 1. The van der Waals surface area contributed by atoms with Crippen molar-refractivity contribution in [2.24, 2.45) is 0 Å². The molecule has 0 unspecified atom stereocenters. The predicted octanol–water partition coefficient (Wildman–Crippen LogP) is 1.87. The molecule has 1 aromatic rings. The van der Waals surface area contributed by atoms with Gasteiger partial charge in [0, 0.05) is 0 Å². The first-order valence-corrected chi connectivity index (χ1v) is 7.31. The monoisotopic (exact) mass is 287 g/mol. The summed E-state index contributed by atoms with van der Waals surface area (Å²) in [4.78, 5) is 11.0. The van der Waals surface area contributed by atoms with Crippen LogP contribution in [0.15, 0.2) is 24.3 Å². The van der Waals surface area contributed by atoms with Gasteiger partial charge in [-0.2, -0.15) is 0 Å². The number of rotatable bonds is 4. The summed E-state index contributed by atoms with van der Waals surface area (Å²) in [6, 6.07) is 8.37. The van der Waals surface area contributed by atoms with Gasteiger partial charge in [0.05, 0.1) is 0 Å². The second-order valence-electron chi connectivity index (χ2n) is 3.36. The molecule has 0 aliphatic heterocycles. The summed E-state index contributed by atoms with van der Waals surface area (Å²) in [5.74, 6) is 0. The van der Waals surface area contributed by atoms with Crippen LogP contribution in [0, 0.1) is 0 Å². The molecule has 0 aliphatic rings. The van der Waals surface area contributed by atoms with E-state index in [1.807, 2.05) is 6.92 Å². The minimum absolute atomic E-state index is 0.0179. The van der Waals surface area contributed by atoms with Crippen LogP contribution in [0.4, 0.5) is 4.79 Å². The Morgan fingerprint density at radius 2 is 2.06 bits per heavy atom. The fourth-order valence-electron chi connectivity index (χ4n) is 1.34. The summed E-state index contributed by atoms with van der Waals surface area (Å²) >= 11 is 0.567. The van der Waals surface area contributed by atoms with Crippen molar-refractivity contribution in [2.75, 3.05) is 7.11 Å². The van der Waals surface area contributed by atoms with Gasteiger partial charge in [-0.05, 0) is 0 Å². The minimum atomic E-state index is -0.394. The Hall–Kier alpha value is -0.991. The number of methoxy groups -OCH3 is 1. The van der Waals surface area contributed by atoms with Crippen LogP contribution in [0.3, 0.4) is 0 Å². The van der Waals surface area contributed by atoms with Gasteiger partial charge in [0.25, 0.3) is 0 Å². The van der Waals surface area contributed by atoms with E-state index in [4.69, 9.17) is 0 Å². The molecule has 0 radical (unpaired) electrons. The molecule has 88 valence electrons. The first kappa shape index (κ1) is 13.1. The molecule has 3 nitrogen and oxygen atoms in total. The third kappa shape index (κ3) is 3.87. The van der Waals surface area contributed by atoms with Crippen LogP contribution in [0.2, 0.25) is 5.32 Å². The van der Waals surface area contributed by atoms with Gasteiger partial charge in [-0.25, -0.2) is 0 Å². The third-order valence-electron chi connectivity index (χ3n) is 2.21. The van der Waals surface area contributed by atoms with Crippen molar-refractivity contribution in [3.8, 4) is 0 Å². The maximum absolute atomic E-state index is 11.0. The van der Waals surface area contributed by atoms with E-state index >= 15 is 0 Å². The number of ether oxygens (including phenoxy) is 1. The van der Waals surface area contributed by atoms with Crippen molar-refractivity contribution in [1.82, 2.24) is 5.32 Å². The Morgan fingerprint density at radius 1 is 1.44 bits per heavy atom. The van der Waals surface area contributed by atoms with E-state index in [0.29, 0.717) is 15.0 Å². The molecule has 4 heteroatoms. The van der Waals surface area contributed by atoms with E-state index in [2.05, 4.69) is 41.2 Å². The second-order valence-corrected chi connectivity index (χ2v) is 6.17. The summed E-state index contributed by atoms with van der Waals surface area (Å²) in [7, 11) is 1.37. The first-order chi connectivity index (χ1) is 7.67. The zero-order valence-corrected chi connectivity index (χ0v) is 11.5. The van der Waals surface area contributed by atoms with Crippen LogP contribution in [0.1, 0.15) is 25.5 Å². The normalized spacial score (nSPS) is 11.9. The van der Waals surface area contributed by atoms with Gasteiger partial charge in [-0.15, -0.1) is 0 Å². The summed E-state index contributed by atoms with van der Waals surface area (Å²) in [6.45, 7) is 4.13. The average molecular weight is 286 g/mol. The number of carbonyl (C=O) groups is 1. The number of benzene rings is 1. The van der Waals surface area contributed by atoms with E-state index in [9.17, 15) is 4.79 Å². The van der Waals surface area contributed by atoms with Crippen molar-refractivity contribution in [3.63, 3.8) is 0 Å². The molecule has 16 heavy (non-hydrogen) atoms. The number of alkyl carbamates (subject to hydrolysis) is 1.